The number of carboxylic acids is 1. The van der Waals surface area contributed by atoms with Gasteiger partial charge in [0.25, 0.3) is 0 Å². The minimum Gasteiger partial charge on any atom is -0.508 e. The lowest BCUT2D eigenvalue weighted by atomic mass is 9.70. The largest absolute Gasteiger partial charge is 0.508 e. The molecular weight excluding hydrogens is 268 g/mol. The van der Waals surface area contributed by atoms with Crippen LogP contribution in [0.15, 0.2) is 18.2 Å². The van der Waals surface area contributed by atoms with Gasteiger partial charge in [-0.1, -0.05) is 26.2 Å². The van der Waals surface area contributed by atoms with Crippen molar-refractivity contribution in [2.75, 3.05) is 6.61 Å². The summed E-state index contributed by atoms with van der Waals surface area (Å²) in [7, 11) is 0. The van der Waals surface area contributed by atoms with Gasteiger partial charge in [-0.25, -0.2) is 0 Å². The van der Waals surface area contributed by atoms with Gasteiger partial charge in [-0.3, -0.25) is 4.79 Å². The van der Waals surface area contributed by atoms with E-state index in [1.54, 1.807) is 12.1 Å². The molecule has 0 aliphatic heterocycles. The summed E-state index contributed by atoms with van der Waals surface area (Å²) in [6, 6.07) is 5.34. The second-order valence-corrected chi connectivity index (χ2v) is 6.15. The lowest BCUT2D eigenvalue weighted by Gasteiger charge is -2.34. The van der Waals surface area contributed by atoms with Crippen molar-refractivity contribution in [1.82, 2.24) is 0 Å². The van der Waals surface area contributed by atoms with Gasteiger partial charge in [0.05, 0.1) is 6.61 Å². The highest BCUT2D eigenvalue weighted by Crippen LogP contribution is 2.43. The molecule has 0 spiro atoms. The van der Waals surface area contributed by atoms with Crippen molar-refractivity contribution < 1.29 is 19.7 Å². The van der Waals surface area contributed by atoms with Crippen LogP contribution in [0.1, 0.15) is 57.4 Å². The lowest BCUT2D eigenvalue weighted by Crippen LogP contribution is -2.25. The van der Waals surface area contributed by atoms with Crippen LogP contribution in [0.25, 0.3) is 0 Å². The molecule has 2 rings (SSSR count). The van der Waals surface area contributed by atoms with Gasteiger partial charge >= 0.3 is 5.97 Å². The molecule has 0 bridgehead atoms. The van der Waals surface area contributed by atoms with Crippen molar-refractivity contribution in [2.24, 2.45) is 0 Å². The van der Waals surface area contributed by atoms with E-state index in [1.165, 1.54) is 19.3 Å². The smallest absolute Gasteiger partial charge is 0.303 e. The number of benzene rings is 1. The first-order chi connectivity index (χ1) is 10.0. The van der Waals surface area contributed by atoms with E-state index in [2.05, 4.69) is 6.92 Å². The van der Waals surface area contributed by atoms with Crippen LogP contribution in [0.5, 0.6) is 11.5 Å². The summed E-state index contributed by atoms with van der Waals surface area (Å²) >= 11 is 0. The maximum absolute atomic E-state index is 10.5. The first-order valence-electron chi connectivity index (χ1n) is 7.69. The van der Waals surface area contributed by atoms with Crippen LogP contribution in [0.2, 0.25) is 0 Å². The van der Waals surface area contributed by atoms with Gasteiger partial charge in [-0.05, 0) is 42.9 Å². The molecule has 0 amide bonds. The molecule has 116 valence electrons. The molecule has 2 N–H and O–H groups in total. The number of hydrogen-bond donors (Lipinski definition) is 2. The number of phenolic OH excluding ortho intramolecular Hbond substituents is 1. The summed E-state index contributed by atoms with van der Waals surface area (Å²) < 4.78 is 5.61. The van der Waals surface area contributed by atoms with Crippen molar-refractivity contribution in [3.63, 3.8) is 0 Å². The first-order valence-corrected chi connectivity index (χ1v) is 7.69. The predicted molar refractivity (Wildman–Crippen MR) is 80.9 cm³/mol. The highest BCUT2D eigenvalue weighted by Gasteiger charge is 2.31. The molecule has 1 saturated carbocycles. The molecule has 1 aromatic rings. The molecular formula is C17H24O4. The Morgan fingerprint density at radius 2 is 2.00 bits per heavy atom. The average Bonchev–Trinajstić information content (AvgIpc) is 2.45. The molecule has 1 aliphatic rings. The van der Waals surface area contributed by atoms with Crippen LogP contribution < -0.4 is 4.74 Å². The molecule has 0 saturated heterocycles. The Balaban J connectivity index is 2.04. The van der Waals surface area contributed by atoms with Gasteiger partial charge in [0.2, 0.25) is 0 Å². The third kappa shape index (κ3) is 4.13. The zero-order valence-corrected chi connectivity index (χ0v) is 12.6. The van der Waals surface area contributed by atoms with E-state index in [0.717, 1.165) is 18.4 Å². The summed E-state index contributed by atoms with van der Waals surface area (Å²) in [5.74, 6) is 0.233. The highest BCUT2D eigenvalue weighted by molar-refractivity contribution is 5.66. The quantitative estimate of drug-likeness (QED) is 0.781. The molecule has 4 nitrogen and oxygen atoms in total. The molecule has 1 aliphatic carbocycles. The minimum atomic E-state index is -0.806. The van der Waals surface area contributed by atoms with Crippen LogP contribution in [0.4, 0.5) is 0 Å². The molecule has 0 aromatic heterocycles. The van der Waals surface area contributed by atoms with E-state index < -0.39 is 5.97 Å². The van der Waals surface area contributed by atoms with Crippen LogP contribution in [-0.4, -0.2) is 22.8 Å². The maximum Gasteiger partial charge on any atom is 0.303 e. The van der Waals surface area contributed by atoms with Crippen LogP contribution in [0.3, 0.4) is 0 Å². The number of hydrogen-bond acceptors (Lipinski definition) is 3. The minimum absolute atomic E-state index is 0.0166. The van der Waals surface area contributed by atoms with E-state index in [9.17, 15) is 9.90 Å². The van der Waals surface area contributed by atoms with E-state index in [-0.39, 0.29) is 11.8 Å². The number of carbonyl (C=O) groups is 1. The second kappa shape index (κ2) is 6.83. The summed E-state index contributed by atoms with van der Waals surface area (Å²) in [4.78, 5) is 10.5. The predicted octanol–water partition coefficient (Wildman–Crippen LogP) is 3.86. The van der Waals surface area contributed by atoms with Gasteiger partial charge in [-0.2, -0.15) is 0 Å². The number of rotatable bonds is 6. The summed E-state index contributed by atoms with van der Waals surface area (Å²) in [5, 5.41) is 18.8. The Morgan fingerprint density at radius 1 is 1.29 bits per heavy atom. The summed E-state index contributed by atoms with van der Waals surface area (Å²) in [6.07, 6.45) is 6.43. The van der Waals surface area contributed by atoms with E-state index >= 15 is 0 Å². The Kier molecular flexibility index (Phi) is 5.10. The normalized spacial score (nSPS) is 17.4. The number of aliphatic carboxylic acids is 1. The topological polar surface area (TPSA) is 66.8 Å². The Hall–Kier alpha value is -1.71. The third-order valence-electron chi connectivity index (χ3n) is 4.38. The standard InChI is InChI=1S/C17H24O4/c1-17(9-3-2-4-10-17)14-12-13(7-8-15(14)18)21-11-5-6-16(19)20/h7-8,12,18H,2-6,9-11H2,1H3,(H,19,20). The van der Waals surface area contributed by atoms with Crippen molar-refractivity contribution in [2.45, 2.75) is 57.3 Å². The van der Waals surface area contributed by atoms with Crippen molar-refractivity contribution in [3.05, 3.63) is 23.8 Å². The Labute approximate surface area is 125 Å². The van der Waals surface area contributed by atoms with E-state index in [0.29, 0.717) is 24.5 Å². The molecule has 4 heteroatoms. The van der Waals surface area contributed by atoms with E-state index in [1.807, 2.05) is 6.07 Å². The lowest BCUT2D eigenvalue weighted by molar-refractivity contribution is -0.137. The number of carboxylic acid groups (broad SMARTS) is 1. The number of ether oxygens (including phenoxy) is 1. The highest BCUT2D eigenvalue weighted by atomic mass is 16.5. The van der Waals surface area contributed by atoms with Gasteiger partial charge in [0.1, 0.15) is 11.5 Å². The third-order valence-corrected chi connectivity index (χ3v) is 4.38. The SMILES string of the molecule is CC1(c2cc(OCCCC(=O)O)ccc2O)CCCCC1. The zero-order valence-electron chi connectivity index (χ0n) is 12.6. The van der Waals surface area contributed by atoms with Gasteiger partial charge < -0.3 is 14.9 Å². The van der Waals surface area contributed by atoms with Gasteiger partial charge in [0.15, 0.2) is 0 Å². The van der Waals surface area contributed by atoms with Crippen LogP contribution in [0, 0.1) is 0 Å². The van der Waals surface area contributed by atoms with Crippen molar-refractivity contribution in [1.29, 1.82) is 0 Å². The molecule has 1 aromatic carbocycles. The van der Waals surface area contributed by atoms with E-state index in [4.69, 9.17) is 9.84 Å². The van der Waals surface area contributed by atoms with Crippen LogP contribution >= 0.6 is 0 Å². The fourth-order valence-corrected chi connectivity index (χ4v) is 3.10. The van der Waals surface area contributed by atoms with Crippen molar-refractivity contribution in [3.8, 4) is 11.5 Å². The first kappa shape index (κ1) is 15.7. The molecule has 0 unspecified atom stereocenters. The fourth-order valence-electron chi connectivity index (χ4n) is 3.10. The maximum atomic E-state index is 10.5. The fraction of sp³-hybridized carbons (Fsp3) is 0.588. The number of aromatic hydroxyl groups is 1. The molecule has 21 heavy (non-hydrogen) atoms. The summed E-state index contributed by atoms with van der Waals surface area (Å²) in [6.45, 7) is 2.59. The molecule has 0 atom stereocenters. The zero-order chi connectivity index (χ0) is 15.3. The van der Waals surface area contributed by atoms with Gasteiger partial charge in [0, 0.05) is 12.0 Å². The second-order valence-electron chi connectivity index (χ2n) is 6.15. The Bertz CT molecular complexity index is 490. The average molecular weight is 292 g/mol. The molecule has 0 heterocycles. The van der Waals surface area contributed by atoms with Crippen molar-refractivity contribution >= 4 is 5.97 Å². The monoisotopic (exact) mass is 292 g/mol. The molecule has 1 fully saturated rings. The van der Waals surface area contributed by atoms with Gasteiger partial charge in [-0.15, -0.1) is 0 Å². The Morgan fingerprint density at radius 3 is 2.67 bits per heavy atom. The summed E-state index contributed by atoms with van der Waals surface area (Å²) in [5.41, 5.74) is 0.973. The molecule has 0 radical (unpaired) electrons. The van der Waals surface area contributed by atoms with Crippen LogP contribution in [-0.2, 0) is 10.2 Å². The number of phenols is 1.